The molecule has 2 rings (SSSR count). The number of carbonyl (C=O) groups is 1. The first-order chi connectivity index (χ1) is 11.2. The average Bonchev–Trinajstić information content (AvgIpc) is 2.56. The minimum absolute atomic E-state index is 0.130. The predicted molar refractivity (Wildman–Crippen MR) is 92.8 cm³/mol. The number of aromatic nitrogens is 1. The highest BCUT2D eigenvalue weighted by Crippen LogP contribution is 2.13. The Morgan fingerprint density at radius 1 is 1.13 bits per heavy atom. The molecule has 0 aliphatic heterocycles. The smallest absolute Gasteiger partial charge is 0.255 e. The highest BCUT2D eigenvalue weighted by molar-refractivity contribution is 6.05. The van der Waals surface area contributed by atoms with Gasteiger partial charge in [0.05, 0.1) is 11.9 Å². The molecule has 0 saturated carbocycles. The minimum atomic E-state index is -0.130. The van der Waals surface area contributed by atoms with Gasteiger partial charge in [0, 0.05) is 18.7 Å². The second-order valence-electron chi connectivity index (χ2n) is 5.41. The molecule has 2 aromatic rings. The summed E-state index contributed by atoms with van der Waals surface area (Å²) in [6.07, 6.45) is 4.47. The highest BCUT2D eigenvalue weighted by Gasteiger charge is 2.08. The average molecular weight is 313 g/mol. The van der Waals surface area contributed by atoms with E-state index in [1.807, 2.05) is 37.3 Å². The number of nitrogens with zero attached hydrogens (tertiary/aromatic N) is 1. The number of aliphatic hydroxyl groups is 1. The molecule has 0 spiro atoms. The summed E-state index contributed by atoms with van der Waals surface area (Å²) in [6.45, 7) is 2.98. The van der Waals surface area contributed by atoms with Crippen molar-refractivity contribution < 1.29 is 9.90 Å². The van der Waals surface area contributed by atoms with Crippen LogP contribution in [0.5, 0.6) is 0 Å². The zero-order valence-electron chi connectivity index (χ0n) is 13.4. The van der Waals surface area contributed by atoms with Gasteiger partial charge in [0.25, 0.3) is 5.91 Å². The molecule has 0 radical (unpaired) electrons. The second-order valence-corrected chi connectivity index (χ2v) is 5.41. The quantitative estimate of drug-likeness (QED) is 0.654. The van der Waals surface area contributed by atoms with Crippen molar-refractivity contribution in [2.75, 3.05) is 23.8 Å². The summed E-state index contributed by atoms with van der Waals surface area (Å²) in [5.74, 6) is 0.650. The fraction of sp³-hybridized carbons (Fsp3) is 0.333. The first kappa shape index (κ1) is 17.0. The van der Waals surface area contributed by atoms with Gasteiger partial charge in [-0.25, -0.2) is 4.98 Å². The molecule has 3 N–H and O–H groups in total. The maximum atomic E-state index is 12.2. The van der Waals surface area contributed by atoms with Crippen LogP contribution in [0.1, 0.15) is 35.2 Å². The summed E-state index contributed by atoms with van der Waals surface area (Å²) in [7, 11) is 0. The topological polar surface area (TPSA) is 74.2 Å². The van der Waals surface area contributed by atoms with Crippen LogP contribution in [-0.2, 0) is 0 Å². The Bertz CT molecular complexity index is 626. The lowest BCUT2D eigenvalue weighted by Crippen LogP contribution is -2.13. The number of carbonyl (C=O) groups excluding carboxylic acids is 1. The second kappa shape index (κ2) is 8.90. The summed E-state index contributed by atoms with van der Waals surface area (Å²) in [4.78, 5) is 16.5. The number of aryl methyl sites for hydroxylation is 1. The van der Waals surface area contributed by atoms with Gasteiger partial charge in [0.2, 0.25) is 0 Å². The van der Waals surface area contributed by atoms with Crippen LogP contribution in [0.25, 0.3) is 0 Å². The van der Waals surface area contributed by atoms with Crippen LogP contribution in [0.15, 0.2) is 42.6 Å². The van der Waals surface area contributed by atoms with E-state index < -0.39 is 0 Å². The lowest BCUT2D eigenvalue weighted by atomic mass is 10.1. The van der Waals surface area contributed by atoms with E-state index in [2.05, 4.69) is 15.6 Å². The molecule has 0 unspecified atom stereocenters. The Balaban J connectivity index is 1.85. The Morgan fingerprint density at radius 3 is 2.65 bits per heavy atom. The maximum Gasteiger partial charge on any atom is 0.255 e. The lowest BCUT2D eigenvalue weighted by molar-refractivity contribution is 0.102. The van der Waals surface area contributed by atoms with Crippen LogP contribution in [0, 0.1) is 6.92 Å². The third-order valence-corrected chi connectivity index (χ3v) is 3.55. The van der Waals surface area contributed by atoms with Crippen molar-refractivity contribution in [3.05, 3.63) is 53.7 Å². The molecule has 0 aliphatic rings. The summed E-state index contributed by atoms with van der Waals surface area (Å²) in [5, 5.41) is 14.8. The standard InChI is InChI=1S/C18H23N3O2/c1-14-7-3-4-8-16(14)18(23)21-15-9-10-17(20-13-15)19-11-5-2-6-12-22/h3-4,7-10,13,22H,2,5-6,11-12H2,1H3,(H,19,20)(H,21,23). The highest BCUT2D eigenvalue weighted by atomic mass is 16.2. The van der Waals surface area contributed by atoms with Gasteiger partial charge < -0.3 is 15.7 Å². The Morgan fingerprint density at radius 2 is 1.96 bits per heavy atom. The van der Waals surface area contributed by atoms with E-state index in [0.717, 1.165) is 37.2 Å². The molecule has 0 fully saturated rings. The van der Waals surface area contributed by atoms with Crippen molar-refractivity contribution in [3.8, 4) is 0 Å². The molecule has 0 atom stereocenters. The molecule has 1 amide bonds. The number of benzene rings is 1. The zero-order valence-corrected chi connectivity index (χ0v) is 13.4. The van der Waals surface area contributed by atoms with Gasteiger partial charge in [-0.05, 0) is 49.9 Å². The van der Waals surface area contributed by atoms with Gasteiger partial charge in [-0.2, -0.15) is 0 Å². The van der Waals surface area contributed by atoms with Gasteiger partial charge in [-0.15, -0.1) is 0 Å². The lowest BCUT2D eigenvalue weighted by Gasteiger charge is -2.09. The van der Waals surface area contributed by atoms with Crippen LogP contribution in [0.2, 0.25) is 0 Å². The first-order valence-corrected chi connectivity index (χ1v) is 7.88. The van der Waals surface area contributed by atoms with Crippen LogP contribution < -0.4 is 10.6 Å². The van der Waals surface area contributed by atoms with Crippen molar-refractivity contribution in [2.24, 2.45) is 0 Å². The van der Waals surface area contributed by atoms with Crippen molar-refractivity contribution in [1.82, 2.24) is 4.98 Å². The number of amides is 1. The fourth-order valence-electron chi connectivity index (χ4n) is 2.23. The number of hydrogen-bond donors (Lipinski definition) is 3. The summed E-state index contributed by atoms with van der Waals surface area (Å²) in [5.41, 5.74) is 2.28. The predicted octanol–water partition coefficient (Wildman–Crippen LogP) is 3.22. The monoisotopic (exact) mass is 313 g/mol. The summed E-state index contributed by atoms with van der Waals surface area (Å²) >= 11 is 0. The zero-order chi connectivity index (χ0) is 16.5. The number of anilines is 2. The van der Waals surface area contributed by atoms with Gasteiger partial charge in [-0.1, -0.05) is 18.2 Å². The molecule has 122 valence electrons. The van der Waals surface area contributed by atoms with Crippen LogP contribution in [-0.4, -0.2) is 29.1 Å². The fourth-order valence-corrected chi connectivity index (χ4v) is 2.23. The van der Waals surface area contributed by atoms with Crippen molar-refractivity contribution >= 4 is 17.4 Å². The number of unbranched alkanes of at least 4 members (excludes halogenated alkanes) is 2. The number of rotatable bonds is 8. The van der Waals surface area contributed by atoms with E-state index in [1.54, 1.807) is 12.3 Å². The molecule has 5 heteroatoms. The molecule has 1 aromatic carbocycles. The van der Waals surface area contributed by atoms with Gasteiger partial charge in [0.15, 0.2) is 0 Å². The van der Waals surface area contributed by atoms with Crippen LogP contribution in [0.3, 0.4) is 0 Å². The third kappa shape index (κ3) is 5.38. The van der Waals surface area contributed by atoms with Gasteiger partial charge in [0.1, 0.15) is 5.82 Å². The molecular weight excluding hydrogens is 290 g/mol. The Hall–Kier alpha value is -2.40. The number of nitrogens with one attached hydrogen (secondary N) is 2. The number of hydrogen-bond acceptors (Lipinski definition) is 4. The van der Waals surface area contributed by atoms with Crippen molar-refractivity contribution in [1.29, 1.82) is 0 Å². The van der Waals surface area contributed by atoms with E-state index in [9.17, 15) is 4.79 Å². The number of pyridine rings is 1. The van der Waals surface area contributed by atoms with Crippen LogP contribution in [0.4, 0.5) is 11.5 Å². The van der Waals surface area contributed by atoms with Gasteiger partial charge >= 0.3 is 0 Å². The van der Waals surface area contributed by atoms with Crippen molar-refractivity contribution in [3.63, 3.8) is 0 Å². The number of aliphatic hydroxyl groups excluding tert-OH is 1. The first-order valence-electron chi connectivity index (χ1n) is 7.88. The van der Waals surface area contributed by atoms with E-state index in [-0.39, 0.29) is 12.5 Å². The van der Waals surface area contributed by atoms with E-state index in [1.165, 1.54) is 0 Å². The molecule has 0 bridgehead atoms. The molecular formula is C18H23N3O2. The van der Waals surface area contributed by atoms with E-state index in [4.69, 9.17) is 5.11 Å². The normalized spacial score (nSPS) is 10.3. The molecule has 1 aromatic heterocycles. The van der Waals surface area contributed by atoms with E-state index >= 15 is 0 Å². The Kier molecular flexibility index (Phi) is 6.56. The molecule has 23 heavy (non-hydrogen) atoms. The molecule has 0 saturated heterocycles. The molecule has 5 nitrogen and oxygen atoms in total. The Labute approximate surface area is 136 Å². The third-order valence-electron chi connectivity index (χ3n) is 3.55. The largest absolute Gasteiger partial charge is 0.396 e. The minimum Gasteiger partial charge on any atom is -0.396 e. The summed E-state index contributed by atoms with van der Waals surface area (Å²) in [6, 6.07) is 11.2. The molecule has 0 aliphatic carbocycles. The van der Waals surface area contributed by atoms with Gasteiger partial charge in [-0.3, -0.25) is 4.79 Å². The van der Waals surface area contributed by atoms with E-state index in [0.29, 0.717) is 11.3 Å². The SMILES string of the molecule is Cc1ccccc1C(=O)Nc1ccc(NCCCCCO)nc1. The summed E-state index contributed by atoms with van der Waals surface area (Å²) < 4.78 is 0. The van der Waals surface area contributed by atoms with Crippen molar-refractivity contribution in [2.45, 2.75) is 26.2 Å². The molecule has 1 heterocycles. The maximum absolute atomic E-state index is 12.2. The van der Waals surface area contributed by atoms with Crippen LogP contribution >= 0.6 is 0 Å².